The second-order valence-electron chi connectivity index (χ2n) is 7.22. The summed E-state index contributed by atoms with van der Waals surface area (Å²) in [5.74, 6) is 0.678. The molecule has 3 nitrogen and oxygen atoms in total. The minimum absolute atomic E-state index is 0.0173. The van der Waals surface area contributed by atoms with Gasteiger partial charge < -0.3 is 9.47 Å². The van der Waals surface area contributed by atoms with Gasteiger partial charge in [0.1, 0.15) is 0 Å². The molecule has 0 fully saturated rings. The number of hydrogen-bond acceptors (Lipinski definition) is 1. The molecule has 0 radical (unpaired) electrons. The Morgan fingerprint density at radius 3 is 2.25 bits per heavy atom. The van der Waals surface area contributed by atoms with Gasteiger partial charge in [-0.2, -0.15) is 0 Å². The maximum Gasteiger partial charge on any atom is 0.225 e. The van der Waals surface area contributed by atoms with Gasteiger partial charge in [0, 0.05) is 30.4 Å². The van der Waals surface area contributed by atoms with E-state index in [0.29, 0.717) is 12.5 Å². The van der Waals surface area contributed by atoms with Crippen LogP contribution in [-0.2, 0) is 17.9 Å². The predicted molar refractivity (Wildman–Crippen MR) is 99.7 cm³/mol. The van der Waals surface area contributed by atoms with Crippen molar-refractivity contribution in [1.82, 2.24) is 9.47 Å². The van der Waals surface area contributed by atoms with E-state index >= 15 is 0 Å². The summed E-state index contributed by atoms with van der Waals surface area (Å²) < 4.78 is 2.24. The van der Waals surface area contributed by atoms with Crippen LogP contribution in [-0.4, -0.2) is 21.4 Å². The van der Waals surface area contributed by atoms with Crippen LogP contribution >= 0.6 is 0 Å². The summed E-state index contributed by atoms with van der Waals surface area (Å²) in [4.78, 5) is 14.7. The van der Waals surface area contributed by atoms with E-state index < -0.39 is 0 Å². The predicted octanol–water partition coefficient (Wildman–Crippen LogP) is 4.57. The van der Waals surface area contributed by atoms with Gasteiger partial charge in [0.05, 0.1) is 6.54 Å². The number of carbonyl (C=O) groups excluding carboxylic acids is 1. The van der Waals surface area contributed by atoms with E-state index in [1.165, 1.54) is 11.3 Å². The second-order valence-corrected chi connectivity index (χ2v) is 7.22. The smallest absolute Gasteiger partial charge is 0.225 e. The van der Waals surface area contributed by atoms with Crippen LogP contribution < -0.4 is 0 Å². The van der Waals surface area contributed by atoms with E-state index in [2.05, 4.69) is 67.9 Å². The van der Waals surface area contributed by atoms with Crippen LogP contribution in [0.25, 0.3) is 0 Å². The molecule has 2 rings (SSSR count). The first-order chi connectivity index (χ1) is 11.4. The van der Waals surface area contributed by atoms with Crippen LogP contribution in [0.5, 0.6) is 0 Å². The highest BCUT2D eigenvalue weighted by atomic mass is 16.2. The van der Waals surface area contributed by atoms with Crippen molar-refractivity contribution in [3.63, 3.8) is 0 Å². The summed E-state index contributed by atoms with van der Waals surface area (Å²) in [6.07, 6.45) is 2.10. The molecule has 0 aliphatic heterocycles. The van der Waals surface area contributed by atoms with Gasteiger partial charge in [0.25, 0.3) is 0 Å². The molecule has 1 heterocycles. The third-order valence-electron chi connectivity index (χ3n) is 4.69. The lowest BCUT2D eigenvalue weighted by Gasteiger charge is -2.33. The van der Waals surface area contributed by atoms with E-state index in [1.807, 2.05) is 24.8 Å². The minimum Gasteiger partial charge on any atom is -0.345 e. The summed E-state index contributed by atoms with van der Waals surface area (Å²) in [6.45, 7) is 12.0. The van der Waals surface area contributed by atoms with Gasteiger partial charge in [-0.25, -0.2) is 0 Å². The van der Waals surface area contributed by atoms with Crippen molar-refractivity contribution in [2.75, 3.05) is 0 Å². The molecule has 0 saturated heterocycles. The highest BCUT2D eigenvalue weighted by Crippen LogP contribution is 2.19. The Hall–Kier alpha value is -2.03. The zero-order chi connectivity index (χ0) is 17.7. The zero-order valence-electron chi connectivity index (χ0n) is 15.6. The summed E-state index contributed by atoms with van der Waals surface area (Å²) in [5.41, 5.74) is 2.45. The highest BCUT2D eigenvalue weighted by Gasteiger charge is 2.25. The molecule has 1 amide bonds. The van der Waals surface area contributed by atoms with E-state index in [4.69, 9.17) is 0 Å². The number of benzene rings is 1. The molecule has 1 aromatic carbocycles. The number of carbonyl (C=O) groups is 1. The Labute approximate surface area is 146 Å². The van der Waals surface area contributed by atoms with Crippen molar-refractivity contribution >= 4 is 5.91 Å². The lowest BCUT2D eigenvalue weighted by molar-refractivity contribution is -0.138. The van der Waals surface area contributed by atoms with Crippen LogP contribution in [0.2, 0.25) is 0 Å². The Morgan fingerprint density at radius 1 is 1.00 bits per heavy atom. The number of aromatic nitrogens is 1. The van der Waals surface area contributed by atoms with E-state index in [1.54, 1.807) is 0 Å². The van der Waals surface area contributed by atoms with Gasteiger partial charge in [-0.3, -0.25) is 4.79 Å². The van der Waals surface area contributed by atoms with Gasteiger partial charge >= 0.3 is 0 Å². The quantitative estimate of drug-likeness (QED) is 0.732. The van der Waals surface area contributed by atoms with Crippen molar-refractivity contribution < 1.29 is 4.79 Å². The highest BCUT2D eigenvalue weighted by molar-refractivity contribution is 5.78. The molecule has 0 aliphatic carbocycles. The Bertz CT molecular complexity index is 643. The summed E-state index contributed by atoms with van der Waals surface area (Å²) >= 11 is 0. The molecule has 0 bridgehead atoms. The monoisotopic (exact) mass is 326 g/mol. The van der Waals surface area contributed by atoms with Gasteiger partial charge in [0.2, 0.25) is 5.91 Å². The van der Waals surface area contributed by atoms with E-state index in [-0.39, 0.29) is 17.9 Å². The van der Waals surface area contributed by atoms with Crippen molar-refractivity contribution in [3.05, 3.63) is 59.9 Å². The van der Waals surface area contributed by atoms with Crippen molar-refractivity contribution in [3.8, 4) is 0 Å². The van der Waals surface area contributed by atoms with Crippen LogP contribution in [0.1, 0.15) is 45.9 Å². The topological polar surface area (TPSA) is 25.2 Å². The molecule has 0 spiro atoms. The molecule has 2 aromatic rings. The summed E-state index contributed by atoms with van der Waals surface area (Å²) in [5, 5.41) is 0. The molecule has 0 saturated carbocycles. The molecular formula is C21H30N2O. The largest absolute Gasteiger partial charge is 0.345 e. The van der Waals surface area contributed by atoms with Gasteiger partial charge in [-0.15, -0.1) is 0 Å². The molecule has 0 aliphatic rings. The van der Waals surface area contributed by atoms with Crippen LogP contribution in [0.4, 0.5) is 0 Å². The standard InChI is InChI=1S/C21H30N2O/c1-16(2)18(5)23(21(24)17(3)4)15-20-12-9-13-22(20)14-19-10-7-6-8-11-19/h6-13,16-18H,14-15H2,1-5H3/t18-/m1/s1. The fraction of sp³-hybridized carbons (Fsp3) is 0.476. The first kappa shape index (κ1) is 18.3. The van der Waals surface area contributed by atoms with Crippen molar-refractivity contribution in [2.45, 2.75) is 53.8 Å². The third kappa shape index (κ3) is 4.50. The fourth-order valence-corrected chi connectivity index (χ4v) is 2.82. The van der Waals surface area contributed by atoms with Crippen LogP contribution in [0.15, 0.2) is 48.7 Å². The molecule has 24 heavy (non-hydrogen) atoms. The SMILES string of the molecule is CC(C)C(=O)N(Cc1cccn1Cc1ccccc1)[C@H](C)C(C)C. The van der Waals surface area contributed by atoms with E-state index in [9.17, 15) is 4.79 Å². The van der Waals surface area contributed by atoms with Gasteiger partial charge in [-0.05, 0) is 30.5 Å². The molecule has 3 heteroatoms. The van der Waals surface area contributed by atoms with Gasteiger partial charge in [-0.1, -0.05) is 58.0 Å². The Morgan fingerprint density at radius 2 is 1.67 bits per heavy atom. The van der Waals surface area contributed by atoms with Crippen LogP contribution in [0.3, 0.4) is 0 Å². The number of amides is 1. The van der Waals surface area contributed by atoms with E-state index in [0.717, 1.165) is 6.54 Å². The number of hydrogen-bond donors (Lipinski definition) is 0. The Balaban J connectivity index is 2.21. The van der Waals surface area contributed by atoms with Crippen molar-refractivity contribution in [2.24, 2.45) is 11.8 Å². The summed E-state index contributed by atoms with van der Waals surface area (Å²) in [7, 11) is 0. The minimum atomic E-state index is 0.0173. The molecule has 0 unspecified atom stereocenters. The summed E-state index contributed by atoms with van der Waals surface area (Å²) in [6, 6.07) is 14.8. The normalized spacial score (nSPS) is 12.6. The molecule has 1 aromatic heterocycles. The Kier molecular flexibility index (Phi) is 6.24. The molecule has 0 N–H and O–H groups in total. The maximum atomic E-state index is 12.7. The first-order valence-corrected chi connectivity index (χ1v) is 8.88. The number of rotatable bonds is 7. The average Bonchev–Trinajstić information content (AvgIpc) is 2.99. The molecule has 130 valence electrons. The fourth-order valence-electron chi connectivity index (χ4n) is 2.82. The third-order valence-corrected chi connectivity index (χ3v) is 4.69. The zero-order valence-corrected chi connectivity index (χ0v) is 15.6. The van der Waals surface area contributed by atoms with Crippen LogP contribution in [0, 0.1) is 11.8 Å². The number of nitrogens with zero attached hydrogens (tertiary/aromatic N) is 2. The molecule has 1 atom stereocenters. The second kappa shape index (κ2) is 8.18. The maximum absolute atomic E-state index is 12.7. The molecular weight excluding hydrogens is 296 g/mol. The average molecular weight is 326 g/mol. The lowest BCUT2D eigenvalue weighted by Crippen LogP contribution is -2.43. The van der Waals surface area contributed by atoms with Crippen molar-refractivity contribution in [1.29, 1.82) is 0 Å². The first-order valence-electron chi connectivity index (χ1n) is 8.88. The van der Waals surface area contributed by atoms with Gasteiger partial charge in [0.15, 0.2) is 0 Å². The lowest BCUT2D eigenvalue weighted by atomic mass is 10.0.